The van der Waals surface area contributed by atoms with E-state index in [0.717, 1.165) is 56.0 Å². The molecule has 48 heavy (non-hydrogen) atoms. The van der Waals surface area contributed by atoms with Gasteiger partial charge in [-0.2, -0.15) is 0 Å². The molecule has 4 nitrogen and oxygen atoms in total. The molecule has 0 fully saturated rings. The van der Waals surface area contributed by atoms with Crippen LogP contribution in [0, 0.1) is 10.8 Å². The Kier molecular flexibility index (Phi) is 6.82. The average molecular weight is 645 g/mol. The van der Waals surface area contributed by atoms with Gasteiger partial charge < -0.3 is 9.47 Å². The highest BCUT2D eigenvalue weighted by Gasteiger charge is 2.53. The van der Waals surface area contributed by atoms with Crippen molar-refractivity contribution >= 4 is 11.6 Å². The Bertz CT molecular complexity index is 1790. The van der Waals surface area contributed by atoms with Crippen molar-refractivity contribution in [3.05, 3.63) is 104 Å². The first-order valence-electron chi connectivity index (χ1n) is 17.7. The monoisotopic (exact) mass is 644 g/mol. The number of fused-ring (bicyclic) bond motifs is 2. The zero-order valence-electron chi connectivity index (χ0n) is 31.1. The van der Waals surface area contributed by atoms with Gasteiger partial charge in [0.1, 0.15) is 11.5 Å². The lowest BCUT2D eigenvalue weighted by molar-refractivity contribution is -0.127. The van der Waals surface area contributed by atoms with Gasteiger partial charge in [0.25, 0.3) is 0 Å². The molecule has 2 atom stereocenters. The van der Waals surface area contributed by atoms with Gasteiger partial charge in [-0.25, -0.2) is 0 Å². The summed E-state index contributed by atoms with van der Waals surface area (Å²) in [4.78, 5) is 29.8. The summed E-state index contributed by atoms with van der Waals surface area (Å²) in [5.41, 5.74) is 7.06. The van der Waals surface area contributed by atoms with Crippen molar-refractivity contribution in [3.63, 3.8) is 0 Å². The Balaban J connectivity index is 1.53. The van der Waals surface area contributed by atoms with E-state index >= 15 is 0 Å². The van der Waals surface area contributed by atoms with Crippen LogP contribution in [0.25, 0.3) is 0 Å². The minimum absolute atomic E-state index is 0.0139. The summed E-state index contributed by atoms with van der Waals surface area (Å²) >= 11 is 0. The van der Waals surface area contributed by atoms with Crippen molar-refractivity contribution in [1.82, 2.24) is 0 Å². The van der Waals surface area contributed by atoms with Gasteiger partial charge in [-0.15, -0.1) is 0 Å². The van der Waals surface area contributed by atoms with Crippen LogP contribution >= 0.6 is 0 Å². The van der Waals surface area contributed by atoms with E-state index in [1.54, 1.807) is 0 Å². The second kappa shape index (κ2) is 9.96. The Hall–Kier alpha value is -3.66. The maximum absolute atomic E-state index is 14.9. The minimum atomic E-state index is -1.14. The highest BCUT2D eigenvalue weighted by atomic mass is 16.5. The molecule has 0 amide bonds. The summed E-state index contributed by atoms with van der Waals surface area (Å²) in [5, 5.41) is 0. The summed E-state index contributed by atoms with van der Waals surface area (Å²) in [6.07, 6.45) is 10.1. The first-order chi connectivity index (χ1) is 22.0. The molecule has 6 bridgehead atoms. The van der Waals surface area contributed by atoms with E-state index in [9.17, 15) is 9.59 Å². The zero-order valence-corrected chi connectivity index (χ0v) is 31.1. The third kappa shape index (κ3) is 5.17. The average Bonchev–Trinajstić information content (AvgIpc) is 3.50. The fourth-order valence-electron chi connectivity index (χ4n) is 7.88. The molecule has 5 aliphatic rings. The lowest BCUT2D eigenvalue weighted by Gasteiger charge is -2.35. The molecule has 2 aromatic rings. The number of hydrogen-bond donors (Lipinski definition) is 0. The third-order valence-corrected chi connectivity index (χ3v) is 11.0. The van der Waals surface area contributed by atoms with Crippen molar-refractivity contribution in [2.24, 2.45) is 10.8 Å². The molecular weight excluding hydrogens is 592 g/mol. The van der Waals surface area contributed by atoms with Crippen LogP contribution in [0.15, 0.2) is 70.9 Å². The van der Waals surface area contributed by atoms with Crippen LogP contribution in [0.3, 0.4) is 0 Å². The molecule has 0 radical (unpaired) electrons. The van der Waals surface area contributed by atoms with Gasteiger partial charge in [0.05, 0.1) is 0 Å². The van der Waals surface area contributed by atoms with Crippen molar-refractivity contribution in [1.29, 1.82) is 0 Å². The lowest BCUT2D eigenvalue weighted by Crippen LogP contribution is -2.46. The predicted molar refractivity (Wildman–Crippen MR) is 193 cm³/mol. The molecule has 0 aromatic heterocycles. The van der Waals surface area contributed by atoms with Crippen molar-refractivity contribution in [2.45, 2.75) is 131 Å². The minimum Gasteiger partial charge on any atom is -0.474 e. The topological polar surface area (TPSA) is 52.6 Å². The van der Waals surface area contributed by atoms with Crippen LogP contribution in [0.5, 0.6) is 11.5 Å². The van der Waals surface area contributed by atoms with E-state index < -0.39 is 11.2 Å². The first kappa shape index (κ1) is 32.9. The number of benzene rings is 2. The predicted octanol–water partition coefficient (Wildman–Crippen LogP) is 9.39. The van der Waals surface area contributed by atoms with Crippen LogP contribution < -0.4 is 9.47 Å². The number of ketones is 2. The molecule has 252 valence electrons. The van der Waals surface area contributed by atoms with Crippen LogP contribution in [0.4, 0.5) is 0 Å². The second-order valence-electron chi connectivity index (χ2n) is 19.1. The molecule has 3 heterocycles. The molecule has 2 spiro atoms. The van der Waals surface area contributed by atoms with Crippen molar-refractivity contribution in [3.8, 4) is 11.5 Å². The summed E-state index contributed by atoms with van der Waals surface area (Å²) in [7, 11) is 0. The normalized spacial score (nSPS) is 25.0. The Morgan fingerprint density at radius 2 is 0.833 bits per heavy atom. The van der Waals surface area contributed by atoms with E-state index in [1.807, 2.05) is 0 Å². The van der Waals surface area contributed by atoms with Gasteiger partial charge in [-0.1, -0.05) is 120 Å². The highest BCUT2D eigenvalue weighted by molar-refractivity contribution is 6.08. The Labute approximate surface area is 287 Å². The summed E-state index contributed by atoms with van der Waals surface area (Å²) in [5.74, 6) is 1.52. The van der Waals surface area contributed by atoms with Crippen LogP contribution in [-0.4, -0.2) is 22.8 Å². The quantitative estimate of drug-likeness (QED) is 0.287. The number of carbonyl (C=O) groups is 2. The van der Waals surface area contributed by atoms with Gasteiger partial charge in [-0.3, -0.25) is 9.59 Å². The van der Waals surface area contributed by atoms with E-state index in [0.29, 0.717) is 25.7 Å². The largest absolute Gasteiger partial charge is 0.474 e. The Morgan fingerprint density at radius 3 is 1.15 bits per heavy atom. The van der Waals surface area contributed by atoms with Gasteiger partial charge in [-0.05, 0) is 78.3 Å². The maximum atomic E-state index is 14.9. The highest BCUT2D eigenvalue weighted by Crippen LogP contribution is 2.51. The molecule has 0 saturated carbocycles. The number of ether oxygens (including phenoxy) is 2. The number of hydrogen-bond acceptors (Lipinski definition) is 4. The first-order valence-corrected chi connectivity index (χ1v) is 17.7. The van der Waals surface area contributed by atoms with Crippen LogP contribution in [0.1, 0.15) is 116 Å². The molecule has 4 heteroatoms. The summed E-state index contributed by atoms with van der Waals surface area (Å²) < 4.78 is 14.0. The Morgan fingerprint density at radius 1 is 0.500 bits per heavy atom. The third-order valence-electron chi connectivity index (χ3n) is 11.0. The molecule has 2 aromatic carbocycles. The van der Waals surface area contributed by atoms with Gasteiger partial charge >= 0.3 is 0 Å². The van der Waals surface area contributed by atoms with Gasteiger partial charge in [0.15, 0.2) is 11.2 Å². The number of carbonyl (C=O) groups excluding carboxylic acids is 2. The standard InChI is InChI=1S/C44H52O4/c1-39(2,3)31-15-25-13-27-17-33(41(7,8)9)24-44(37(27)45)22-30-20-32(40(4,5)6)16-26(36(30)48-44)14-28-18-34(42(10,11)12)23-43(38(28)46)21-29(19-31)35(25)47-43/h15-20,23-24H,13-14,21-22H2,1-12H3/t43-,44+. The maximum Gasteiger partial charge on any atom is 0.207 e. The van der Waals surface area contributed by atoms with Crippen LogP contribution in [-0.2, 0) is 46.1 Å². The number of rotatable bonds is 0. The van der Waals surface area contributed by atoms with Gasteiger partial charge in [0.2, 0.25) is 11.6 Å². The molecule has 3 aliphatic heterocycles. The SMILES string of the molecule is CC(C)(C)C1=C[C@]23Cc4cc(C(C)(C)C)cc(c4O2)CC2=CC(C(C)(C)C)=C[C@]4(Cc5cc(C(C)(C)C)cc(c5O4)CC(=C1)C3=O)C2=O. The lowest BCUT2D eigenvalue weighted by atomic mass is 9.72. The van der Waals surface area contributed by atoms with E-state index in [2.05, 4.69) is 132 Å². The molecular formula is C44H52O4. The summed E-state index contributed by atoms with van der Waals surface area (Å²) in [6, 6.07) is 8.87. The van der Waals surface area contributed by atoms with Gasteiger partial charge in [0, 0.05) is 36.8 Å². The smallest absolute Gasteiger partial charge is 0.207 e. The fourth-order valence-corrected chi connectivity index (χ4v) is 7.88. The molecule has 7 rings (SSSR count). The molecule has 0 saturated heterocycles. The number of Topliss-reactive ketones (excluding diaryl/α,β-unsaturated/α-hetero) is 2. The fraction of sp³-hybridized carbons (Fsp3) is 0.500. The van der Waals surface area contributed by atoms with Crippen molar-refractivity contribution in [2.75, 3.05) is 0 Å². The molecule has 0 unspecified atom stereocenters. The number of allylic oxidation sites excluding steroid dienone is 4. The summed E-state index contributed by atoms with van der Waals surface area (Å²) in [6.45, 7) is 26.5. The van der Waals surface area contributed by atoms with E-state index in [-0.39, 0.29) is 33.2 Å². The van der Waals surface area contributed by atoms with Crippen LogP contribution in [0.2, 0.25) is 0 Å². The molecule has 2 aliphatic carbocycles. The van der Waals surface area contributed by atoms with Crippen molar-refractivity contribution < 1.29 is 19.1 Å². The zero-order chi connectivity index (χ0) is 35.0. The molecule has 0 N–H and O–H groups in total. The van der Waals surface area contributed by atoms with E-state index in [4.69, 9.17) is 9.47 Å². The second-order valence-corrected chi connectivity index (χ2v) is 19.1. The van der Waals surface area contributed by atoms with E-state index in [1.165, 1.54) is 11.1 Å².